The van der Waals surface area contributed by atoms with Gasteiger partial charge < -0.3 is 4.40 Å². The molecule has 0 aliphatic rings. The van der Waals surface area contributed by atoms with Crippen molar-refractivity contribution >= 4 is 32.3 Å². The second-order valence-corrected chi connectivity index (χ2v) is 4.53. The summed E-state index contributed by atoms with van der Waals surface area (Å²) >= 11 is 3.48. The minimum Gasteiger partial charge on any atom is -0.313 e. The van der Waals surface area contributed by atoms with Crippen molar-refractivity contribution in [3.63, 3.8) is 0 Å². The zero-order valence-corrected chi connectivity index (χ0v) is 9.82. The van der Waals surface area contributed by atoms with E-state index < -0.39 is 0 Å². The molecule has 0 unspecified atom stereocenters. The molecule has 2 heterocycles. The lowest BCUT2D eigenvalue weighted by Gasteiger charge is -1.98. The summed E-state index contributed by atoms with van der Waals surface area (Å²) in [6.45, 7) is 2.03. The quantitative estimate of drug-likeness (QED) is 0.604. The Kier molecular flexibility index (Phi) is 1.83. The maximum Gasteiger partial charge on any atom is 0.0675 e. The lowest BCUT2D eigenvalue weighted by molar-refractivity contribution is 1.12. The van der Waals surface area contributed by atoms with E-state index in [-0.39, 0.29) is 0 Å². The van der Waals surface area contributed by atoms with Crippen LogP contribution in [0.5, 0.6) is 0 Å². The van der Waals surface area contributed by atoms with Crippen LogP contribution in [0.1, 0.15) is 5.69 Å². The SMILES string of the molecule is Cc1nccn2c1cc1cc(Br)ccc12. The fraction of sp³-hybridized carbons (Fsp3) is 0.0833. The molecular weight excluding hydrogens is 252 g/mol. The number of benzene rings is 1. The molecule has 0 saturated carbocycles. The molecule has 0 aliphatic heterocycles. The Bertz CT molecular complexity index is 655. The summed E-state index contributed by atoms with van der Waals surface area (Å²) in [6.07, 6.45) is 3.84. The number of rotatable bonds is 0. The first-order valence-corrected chi connectivity index (χ1v) is 5.57. The third-order valence-corrected chi connectivity index (χ3v) is 3.15. The van der Waals surface area contributed by atoms with Crippen molar-refractivity contribution < 1.29 is 0 Å². The van der Waals surface area contributed by atoms with Crippen LogP contribution in [0.15, 0.2) is 41.1 Å². The van der Waals surface area contributed by atoms with E-state index in [0.717, 1.165) is 10.2 Å². The molecule has 2 aromatic heterocycles. The third-order valence-electron chi connectivity index (χ3n) is 2.66. The van der Waals surface area contributed by atoms with E-state index in [9.17, 15) is 0 Å². The summed E-state index contributed by atoms with van der Waals surface area (Å²) in [6, 6.07) is 8.47. The van der Waals surface area contributed by atoms with Gasteiger partial charge in [-0.05, 0) is 31.2 Å². The number of nitrogens with zero attached hydrogens (tertiary/aromatic N) is 2. The van der Waals surface area contributed by atoms with Crippen LogP contribution in [0.3, 0.4) is 0 Å². The predicted octanol–water partition coefficient (Wildman–Crippen LogP) is 3.56. The van der Waals surface area contributed by atoms with E-state index in [1.165, 1.54) is 16.4 Å². The lowest BCUT2D eigenvalue weighted by atomic mass is 10.2. The Labute approximate surface area is 95.7 Å². The van der Waals surface area contributed by atoms with E-state index in [0.29, 0.717) is 0 Å². The van der Waals surface area contributed by atoms with Gasteiger partial charge in [0.15, 0.2) is 0 Å². The van der Waals surface area contributed by atoms with E-state index in [1.807, 2.05) is 19.3 Å². The molecule has 2 nitrogen and oxygen atoms in total. The molecule has 0 amide bonds. The van der Waals surface area contributed by atoms with Gasteiger partial charge in [0.25, 0.3) is 0 Å². The first kappa shape index (κ1) is 8.92. The molecule has 3 rings (SSSR count). The maximum absolute atomic E-state index is 4.29. The van der Waals surface area contributed by atoms with Crippen LogP contribution in [0, 0.1) is 6.92 Å². The van der Waals surface area contributed by atoms with Crippen molar-refractivity contribution in [2.45, 2.75) is 6.92 Å². The highest BCUT2D eigenvalue weighted by atomic mass is 79.9. The second kappa shape index (κ2) is 3.07. The van der Waals surface area contributed by atoms with Gasteiger partial charge in [0.2, 0.25) is 0 Å². The van der Waals surface area contributed by atoms with Gasteiger partial charge in [-0.3, -0.25) is 4.98 Å². The maximum atomic E-state index is 4.29. The van der Waals surface area contributed by atoms with Gasteiger partial charge in [-0.2, -0.15) is 0 Å². The highest BCUT2D eigenvalue weighted by molar-refractivity contribution is 9.10. The van der Waals surface area contributed by atoms with Crippen LogP contribution in [0.4, 0.5) is 0 Å². The number of fused-ring (bicyclic) bond motifs is 3. The molecule has 0 bridgehead atoms. The molecule has 3 heteroatoms. The average molecular weight is 261 g/mol. The summed E-state index contributed by atoms with van der Waals surface area (Å²) in [7, 11) is 0. The number of hydrogen-bond donors (Lipinski definition) is 0. The number of aryl methyl sites for hydroxylation is 1. The van der Waals surface area contributed by atoms with E-state index in [4.69, 9.17) is 0 Å². The molecule has 0 radical (unpaired) electrons. The molecule has 1 aromatic carbocycles. The van der Waals surface area contributed by atoms with E-state index in [2.05, 4.69) is 49.6 Å². The van der Waals surface area contributed by atoms with Crippen molar-refractivity contribution in [1.82, 2.24) is 9.38 Å². The van der Waals surface area contributed by atoms with Crippen LogP contribution in [-0.4, -0.2) is 9.38 Å². The van der Waals surface area contributed by atoms with Crippen molar-refractivity contribution in [2.75, 3.05) is 0 Å². The lowest BCUT2D eigenvalue weighted by Crippen LogP contribution is -1.88. The third kappa shape index (κ3) is 1.27. The topological polar surface area (TPSA) is 17.3 Å². The molecule has 15 heavy (non-hydrogen) atoms. The van der Waals surface area contributed by atoms with Crippen LogP contribution in [0.25, 0.3) is 16.4 Å². The predicted molar refractivity (Wildman–Crippen MR) is 65.1 cm³/mol. The van der Waals surface area contributed by atoms with Gasteiger partial charge in [0.05, 0.1) is 16.7 Å². The minimum atomic E-state index is 1.06. The molecule has 3 aromatic rings. The Balaban J connectivity index is 2.57. The molecular formula is C12H9BrN2. The molecule has 74 valence electrons. The number of hydrogen-bond acceptors (Lipinski definition) is 1. The highest BCUT2D eigenvalue weighted by Crippen LogP contribution is 2.24. The van der Waals surface area contributed by atoms with Gasteiger partial charge in [-0.1, -0.05) is 15.9 Å². The molecule has 0 saturated heterocycles. The zero-order chi connectivity index (χ0) is 10.4. The Hall–Kier alpha value is -1.35. The summed E-state index contributed by atoms with van der Waals surface area (Å²) in [5, 5.41) is 1.24. The highest BCUT2D eigenvalue weighted by Gasteiger charge is 2.04. The van der Waals surface area contributed by atoms with Gasteiger partial charge in [-0.25, -0.2) is 0 Å². The van der Waals surface area contributed by atoms with E-state index >= 15 is 0 Å². The van der Waals surface area contributed by atoms with Crippen LogP contribution in [0.2, 0.25) is 0 Å². The monoisotopic (exact) mass is 260 g/mol. The Morgan fingerprint density at radius 3 is 2.93 bits per heavy atom. The fourth-order valence-electron chi connectivity index (χ4n) is 1.92. The second-order valence-electron chi connectivity index (χ2n) is 3.62. The summed E-state index contributed by atoms with van der Waals surface area (Å²) in [5.41, 5.74) is 3.45. The van der Waals surface area contributed by atoms with Crippen molar-refractivity contribution in [3.05, 3.63) is 46.8 Å². The van der Waals surface area contributed by atoms with Gasteiger partial charge in [-0.15, -0.1) is 0 Å². The molecule has 0 atom stereocenters. The molecule has 0 spiro atoms. The Morgan fingerprint density at radius 2 is 2.07 bits per heavy atom. The van der Waals surface area contributed by atoms with Gasteiger partial charge in [0, 0.05) is 22.3 Å². The normalized spacial score (nSPS) is 11.3. The van der Waals surface area contributed by atoms with Crippen LogP contribution >= 0.6 is 15.9 Å². The summed E-state index contributed by atoms with van der Waals surface area (Å²) in [4.78, 5) is 4.29. The molecule has 0 N–H and O–H groups in total. The first-order valence-electron chi connectivity index (χ1n) is 4.77. The van der Waals surface area contributed by atoms with Gasteiger partial charge >= 0.3 is 0 Å². The molecule has 0 fully saturated rings. The van der Waals surface area contributed by atoms with Crippen LogP contribution in [-0.2, 0) is 0 Å². The standard InChI is InChI=1S/C12H9BrN2/c1-8-12-7-9-6-10(13)2-3-11(9)15(12)5-4-14-8/h2-7H,1H3. The summed E-state index contributed by atoms with van der Waals surface area (Å²) in [5.74, 6) is 0. The number of aromatic nitrogens is 2. The van der Waals surface area contributed by atoms with Crippen molar-refractivity contribution in [2.24, 2.45) is 0 Å². The van der Waals surface area contributed by atoms with Gasteiger partial charge in [0.1, 0.15) is 0 Å². The summed E-state index contributed by atoms with van der Waals surface area (Å²) < 4.78 is 3.28. The number of halogens is 1. The smallest absolute Gasteiger partial charge is 0.0675 e. The fourth-order valence-corrected chi connectivity index (χ4v) is 2.30. The minimum absolute atomic E-state index is 1.06. The van der Waals surface area contributed by atoms with E-state index in [1.54, 1.807) is 0 Å². The zero-order valence-electron chi connectivity index (χ0n) is 8.24. The molecule has 0 aliphatic carbocycles. The van der Waals surface area contributed by atoms with Crippen LogP contribution < -0.4 is 0 Å². The Morgan fingerprint density at radius 1 is 1.20 bits per heavy atom. The average Bonchev–Trinajstić information content (AvgIpc) is 2.57. The van der Waals surface area contributed by atoms with Crippen molar-refractivity contribution in [3.8, 4) is 0 Å². The largest absolute Gasteiger partial charge is 0.313 e. The first-order chi connectivity index (χ1) is 7.25. The van der Waals surface area contributed by atoms with Crippen molar-refractivity contribution in [1.29, 1.82) is 0 Å².